The first-order valence-corrected chi connectivity index (χ1v) is 8.34. The Morgan fingerprint density at radius 3 is 2.41 bits per heavy atom. The summed E-state index contributed by atoms with van der Waals surface area (Å²) >= 11 is 0. The minimum atomic E-state index is -4.44. The van der Waals surface area contributed by atoms with E-state index in [1.807, 2.05) is 0 Å². The molecule has 0 aliphatic rings. The van der Waals surface area contributed by atoms with E-state index in [4.69, 9.17) is 5.73 Å². The lowest BCUT2D eigenvalue weighted by molar-refractivity contribution is -0.137. The number of amides is 2. The topological polar surface area (TPSA) is 90.0 Å². The lowest BCUT2D eigenvalue weighted by atomic mass is 10.1. The van der Waals surface area contributed by atoms with Gasteiger partial charge in [-0.15, -0.1) is 0 Å². The summed E-state index contributed by atoms with van der Waals surface area (Å²) in [6, 6.07) is 12.7. The van der Waals surface area contributed by atoms with Gasteiger partial charge in [-0.25, -0.2) is 4.68 Å². The summed E-state index contributed by atoms with van der Waals surface area (Å²) in [5, 5.41) is 6.63. The van der Waals surface area contributed by atoms with Crippen LogP contribution in [-0.2, 0) is 11.0 Å². The van der Waals surface area contributed by atoms with Crippen LogP contribution in [0.5, 0.6) is 0 Å². The SMILES string of the molecule is NC(=O)c1ccn(-c2ccc(NC(=O)/C=C/c3cccc(C(F)(F)F)c3)cc2)n1. The zero-order valence-corrected chi connectivity index (χ0v) is 14.9. The number of hydrogen-bond donors (Lipinski definition) is 2. The first kappa shape index (κ1) is 19.9. The van der Waals surface area contributed by atoms with E-state index in [1.54, 1.807) is 30.5 Å². The molecule has 0 aliphatic heterocycles. The minimum absolute atomic E-state index is 0.127. The van der Waals surface area contributed by atoms with Gasteiger partial charge in [0.05, 0.1) is 11.3 Å². The number of anilines is 1. The predicted octanol–water partition coefficient (Wildman–Crippen LogP) is 3.64. The van der Waals surface area contributed by atoms with Gasteiger partial charge in [-0.2, -0.15) is 18.3 Å². The van der Waals surface area contributed by atoms with E-state index in [0.29, 0.717) is 11.4 Å². The van der Waals surface area contributed by atoms with Gasteiger partial charge in [0.15, 0.2) is 0 Å². The number of carbonyl (C=O) groups is 2. The van der Waals surface area contributed by atoms with Crippen molar-refractivity contribution >= 4 is 23.6 Å². The Kier molecular flexibility index (Phi) is 5.49. The maximum absolute atomic E-state index is 12.7. The fourth-order valence-corrected chi connectivity index (χ4v) is 2.47. The Bertz CT molecular complexity index is 1070. The molecule has 0 unspecified atom stereocenters. The van der Waals surface area contributed by atoms with Crippen LogP contribution >= 0.6 is 0 Å². The van der Waals surface area contributed by atoms with Gasteiger partial charge in [0.2, 0.25) is 5.91 Å². The van der Waals surface area contributed by atoms with Gasteiger partial charge in [0, 0.05) is 18.0 Å². The van der Waals surface area contributed by atoms with Crippen LogP contribution in [0, 0.1) is 0 Å². The van der Waals surface area contributed by atoms with Gasteiger partial charge in [0.1, 0.15) is 5.69 Å². The number of alkyl halides is 3. The highest BCUT2D eigenvalue weighted by Crippen LogP contribution is 2.29. The lowest BCUT2D eigenvalue weighted by Gasteiger charge is -2.07. The summed E-state index contributed by atoms with van der Waals surface area (Å²) in [5.74, 6) is -1.13. The Hall–Kier alpha value is -3.88. The molecule has 2 aromatic carbocycles. The van der Waals surface area contributed by atoms with Crippen LogP contribution in [0.3, 0.4) is 0 Å². The second-order valence-electron chi connectivity index (χ2n) is 6.00. The monoisotopic (exact) mass is 400 g/mol. The third kappa shape index (κ3) is 5.10. The van der Waals surface area contributed by atoms with Gasteiger partial charge < -0.3 is 11.1 Å². The molecule has 0 aliphatic carbocycles. The van der Waals surface area contributed by atoms with Crippen LogP contribution < -0.4 is 11.1 Å². The molecule has 0 radical (unpaired) electrons. The second-order valence-corrected chi connectivity index (χ2v) is 6.00. The Balaban J connectivity index is 1.65. The smallest absolute Gasteiger partial charge is 0.364 e. The minimum Gasteiger partial charge on any atom is -0.364 e. The van der Waals surface area contributed by atoms with E-state index >= 15 is 0 Å². The molecule has 9 heteroatoms. The van der Waals surface area contributed by atoms with Gasteiger partial charge >= 0.3 is 6.18 Å². The van der Waals surface area contributed by atoms with E-state index < -0.39 is 23.6 Å². The molecular weight excluding hydrogens is 385 g/mol. The van der Waals surface area contributed by atoms with Crippen molar-refractivity contribution in [1.29, 1.82) is 0 Å². The predicted molar refractivity (Wildman–Crippen MR) is 101 cm³/mol. The molecule has 1 heterocycles. The number of aromatic nitrogens is 2. The van der Waals surface area contributed by atoms with Crippen molar-refractivity contribution in [3.63, 3.8) is 0 Å². The molecular formula is C20H15F3N4O2. The van der Waals surface area contributed by atoms with Crippen molar-refractivity contribution in [2.75, 3.05) is 5.32 Å². The van der Waals surface area contributed by atoms with E-state index in [2.05, 4.69) is 10.4 Å². The van der Waals surface area contributed by atoms with Crippen molar-refractivity contribution in [3.05, 3.63) is 83.7 Å². The van der Waals surface area contributed by atoms with Gasteiger partial charge in [0.25, 0.3) is 5.91 Å². The van der Waals surface area contributed by atoms with Crippen LogP contribution in [0.2, 0.25) is 0 Å². The van der Waals surface area contributed by atoms with Crippen molar-refractivity contribution in [2.45, 2.75) is 6.18 Å². The largest absolute Gasteiger partial charge is 0.416 e. The second kappa shape index (κ2) is 8.01. The summed E-state index contributed by atoms with van der Waals surface area (Å²) in [5.41, 5.74) is 5.89. The van der Waals surface area contributed by atoms with Crippen molar-refractivity contribution in [1.82, 2.24) is 9.78 Å². The fourth-order valence-electron chi connectivity index (χ4n) is 2.47. The average Bonchev–Trinajstić information content (AvgIpc) is 3.17. The number of nitrogens with two attached hydrogens (primary N) is 1. The molecule has 0 saturated carbocycles. The molecule has 3 rings (SSSR count). The number of benzene rings is 2. The molecule has 148 valence electrons. The first-order valence-electron chi connectivity index (χ1n) is 8.34. The zero-order chi connectivity index (χ0) is 21.0. The normalized spacial score (nSPS) is 11.6. The highest BCUT2D eigenvalue weighted by molar-refractivity contribution is 6.02. The van der Waals surface area contributed by atoms with Gasteiger partial charge in [-0.1, -0.05) is 12.1 Å². The van der Waals surface area contributed by atoms with E-state index in [9.17, 15) is 22.8 Å². The Morgan fingerprint density at radius 2 is 1.79 bits per heavy atom. The molecule has 29 heavy (non-hydrogen) atoms. The van der Waals surface area contributed by atoms with E-state index in [-0.39, 0.29) is 11.3 Å². The summed E-state index contributed by atoms with van der Waals surface area (Å²) < 4.78 is 39.6. The third-order valence-corrected chi connectivity index (χ3v) is 3.88. The molecule has 3 N–H and O–H groups in total. The van der Waals surface area contributed by atoms with Crippen LogP contribution in [0.25, 0.3) is 11.8 Å². The highest BCUT2D eigenvalue weighted by Gasteiger charge is 2.30. The lowest BCUT2D eigenvalue weighted by Crippen LogP contribution is -2.12. The molecule has 3 aromatic rings. The molecule has 2 amide bonds. The summed E-state index contributed by atoms with van der Waals surface area (Å²) in [4.78, 5) is 23.1. The molecule has 0 fully saturated rings. The zero-order valence-electron chi connectivity index (χ0n) is 14.9. The number of halogens is 3. The maximum Gasteiger partial charge on any atom is 0.416 e. The number of nitrogens with one attached hydrogen (secondary N) is 1. The van der Waals surface area contributed by atoms with Crippen molar-refractivity contribution in [3.8, 4) is 5.69 Å². The van der Waals surface area contributed by atoms with E-state index in [1.165, 1.54) is 29.0 Å². The van der Waals surface area contributed by atoms with E-state index in [0.717, 1.165) is 18.2 Å². The molecule has 6 nitrogen and oxygen atoms in total. The van der Waals surface area contributed by atoms with Crippen molar-refractivity contribution in [2.24, 2.45) is 5.73 Å². The summed E-state index contributed by atoms with van der Waals surface area (Å²) in [6.45, 7) is 0. The van der Waals surface area contributed by atoms with Crippen LogP contribution in [0.15, 0.2) is 66.9 Å². The molecule has 0 spiro atoms. The van der Waals surface area contributed by atoms with Crippen LogP contribution in [0.1, 0.15) is 21.6 Å². The Labute approximate surface area is 163 Å². The molecule has 0 bridgehead atoms. The van der Waals surface area contributed by atoms with Crippen LogP contribution in [0.4, 0.5) is 18.9 Å². The van der Waals surface area contributed by atoms with Crippen LogP contribution in [-0.4, -0.2) is 21.6 Å². The molecule has 0 saturated heterocycles. The molecule has 0 atom stereocenters. The quantitative estimate of drug-likeness (QED) is 0.641. The summed E-state index contributed by atoms with van der Waals surface area (Å²) in [7, 11) is 0. The fraction of sp³-hybridized carbons (Fsp3) is 0.0500. The first-order chi connectivity index (χ1) is 13.7. The number of rotatable bonds is 5. The summed E-state index contributed by atoms with van der Waals surface area (Å²) in [6.07, 6.45) is -0.420. The molecule has 1 aromatic heterocycles. The average molecular weight is 400 g/mol. The number of carbonyl (C=O) groups excluding carboxylic acids is 2. The van der Waals surface area contributed by atoms with Crippen molar-refractivity contribution < 1.29 is 22.8 Å². The number of hydrogen-bond acceptors (Lipinski definition) is 3. The number of nitrogens with zero attached hydrogens (tertiary/aromatic N) is 2. The Morgan fingerprint density at radius 1 is 1.07 bits per heavy atom. The van der Waals surface area contributed by atoms with Gasteiger partial charge in [-0.3, -0.25) is 9.59 Å². The number of primary amides is 1. The van der Waals surface area contributed by atoms with Gasteiger partial charge in [-0.05, 0) is 54.1 Å². The third-order valence-electron chi connectivity index (χ3n) is 3.88. The highest BCUT2D eigenvalue weighted by atomic mass is 19.4. The standard InChI is InChI=1S/C20H15F3N4O2/c21-20(22,23)14-3-1-2-13(12-14)4-9-18(28)25-15-5-7-16(8-6-15)27-11-10-17(26-27)19(24)29/h1-12H,(H2,24,29)(H,25,28)/b9-4+. The maximum atomic E-state index is 12.7.